The maximum atomic E-state index is 12.5. The van der Waals surface area contributed by atoms with Crippen LogP contribution in [-0.4, -0.2) is 49.2 Å². The average molecular weight is 277 g/mol. The van der Waals surface area contributed by atoms with E-state index in [4.69, 9.17) is 4.74 Å². The summed E-state index contributed by atoms with van der Waals surface area (Å²) in [6.45, 7) is 4.65. The van der Waals surface area contributed by atoms with E-state index >= 15 is 0 Å². The Kier molecular flexibility index (Phi) is 5.89. The van der Waals surface area contributed by atoms with Crippen LogP contribution in [0, 0.1) is 0 Å². The van der Waals surface area contributed by atoms with Crippen molar-refractivity contribution in [2.75, 3.05) is 26.7 Å². The lowest BCUT2D eigenvalue weighted by atomic mass is 9.92. The molecule has 0 bridgehead atoms. The number of ether oxygens (including phenoxy) is 1. The first-order valence-corrected chi connectivity index (χ1v) is 6.80. The summed E-state index contributed by atoms with van der Waals surface area (Å²) < 4.78 is 5.59. The predicted octanol–water partition coefficient (Wildman–Crippen LogP) is 1.58. The molecule has 0 radical (unpaired) electrons. The Bertz CT molecular complexity index is 274. The Labute approximate surface area is 116 Å². The van der Waals surface area contributed by atoms with Crippen molar-refractivity contribution in [1.29, 1.82) is 0 Å². The van der Waals surface area contributed by atoms with Gasteiger partial charge in [0.1, 0.15) is 0 Å². The van der Waals surface area contributed by atoms with Crippen molar-refractivity contribution in [3.8, 4) is 0 Å². The van der Waals surface area contributed by atoms with Gasteiger partial charge in [-0.3, -0.25) is 4.79 Å². The van der Waals surface area contributed by atoms with E-state index in [0.717, 1.165) is 51.8 Å². The molecule has 0 aliphatic carbocycles. The zero-order valence-electron chi connectivity index (χ0n) is 11.4. The fraction of sp³-hybridized carbons (Fsp3) is 0.923. The smallest absolute Gasteiger partial charge is 0.242 e. The van der Waals surface area contributed by atoms with Crippen LogP contribution < -0.4 is 5.32 Å². The van der Waals surface area contributed by atoms with E-state index in [1.807, 2.05) is 11.9 Å². The van der Waals surface area contributed by atoms with Crippen LogP contribution in [-0.2, 0) is 9.53 Å². The van der Waals surface area contributed by atoms with Gasteiger partial charge in [0.25, 0.3) is 0 Å². The van der Waals surface area contributed by atoms with Crippen LogP contribution in [0.1, 0.15) is 39.0 Å². The molecule has 2 rings (SSSR count). The summed E-state index contributed by atoms with van der Waals surface area (Å²) in [5.74, 6) is 0.244. The van der Waals surface area contributed by atoms with Gasteiger partial charge < -0.3 is 15.0 Å². The van der Waals surface area contributed by atoms with Gasteiger partial charge in [0.2, 0.25) is 5.91 Å². The predicted molar refractivity (Wildman–Crippen MR) is 74.1 cm³/mol. The highest BCUT2D eigenvalue weighted by Crippen LogP contribution is 2.25. The lowest BCUT2D eigenvalue weighted by Gasteiger charge is -2.32. The molecule has 2 heterocycles. The summed E-state index contributed by atoms with van der Waals surface area (Å²) in [6, 6.07) is 0. The van der Waals surface area contributed by atoms with Crippen molar-refractivity contribution >= 4 is 18.3 Å². The molecule has 0 saturated carbocycles. The lowest BCUT2D eigenvalue weighted by molar-refractivity contribution is -0.138. The SMILES string of the molecule is CCC1(C(=O)N(C)CC2CCCO2)CCCN1.Cl. The summed E-state index contributed by atoms with van der Waals surface area (Å²) in [4.78, 5) is 14.4. The molecule has 1 amide bonds. The monoisotopic (exact) mass is 276 g/mol. The lowest BCUT2D eigenvalue weighted by Crippen LogP contribution is -2.54. The summed E-state index contributed by atoms with van der Waals surface area (Å²) in [5.41, 5.74) is -0.298. The number of nitrogens with zero attached hydrogens (tertiary/aromatic N) is 1. The molecule has 0 aromatic rings. The normalized spacial score (nSPS) is 31.1. The van der Waals surface area contributed by atoms with Crippen LogP contribution in [0.2, 0.25) is 0 Å². The Morgan fingerprint density at radius 3 is 2.78 bits per heavy atom. The number of halogens is 1. The van der Waals surface area contributed by atoms with Crippen LogP contribution >= 0.6 is 12.4 Å². The third-order valence-electron chi connectivity index (χ3n) is 4.10. The fourth-order valence-corrected chi connectivity index (χ4v) is 2.98. The molecule has 1 N–H and O–H groups in total. The Balaban J connectivity index is 0.00000162. The molecule has 2 unspecified atom stereocenters. The van der Waals surface area contributed by atoms with E-state index in [0.29, 0.717) is 0 Å². The van der Waals surface area contributed by atoms with Gasteiger partial charge >= 0.3 is 0 Å². The number of hydrogen-bond acceptors (Lipinski definition) is 3. The highest BCUT2D eigenvalue weighted by atomic mass is 35.5. The fourth-order valence-electron chi connectivity index (χ4n) is 2.98. The second kappa shape index (κ2) is 6.73. The first-order valence-electron chi connectivity index (χ1n) is 6.80. The molecule has 2 atom stereocenters. The highest BCUT2D eigenvalue weighted by molar-refractivity contribution is 5.86. The zero-order valence-corrected chi connectivity index (χ0v) is 12.2. The van der Waals surface area contributed by atoms with Crippen molar-refractivity contribution in [1.82, 2.24) is 10.2 Å². The molecule has 0 aromatic heterocycles. The van der Waals surface area contributed by atoms with E-state index < -0.39 is 0 Å². The first-order chi connectivity index (χ1) is 8.18. The second-order valence-corrected chi connectivity index (χ2v) is 5.29. The number of carbonyl (C=O) groups excluding carboxylic acids is 1. The van der Waals surface area contributed by atoms with Gasteiger partial charge in [-0.05, 0) is 38.6 Å². The summed E-state index contributed by atoms with van der Waals surface area (Å²) >= 11 is 0. The van der Waals surface area contributed by atoms with Crippen molar-refractivity contribution < 1.29 is 9.53 Å². The minimum atomic E-state index is -0.298. The van der Waals surface area contributed by atoms with Gasteiger partial charge in [-0.1, -0.05) is 6.92 Å². The Morgan fingerprint density at radius 1 is 1.50 bits per heavy atom. The van der Waals surface area contributed by atoms with Crippen LogP contribution in [0.4, 0.5) is 0 Å². The summed E-state index contributed by atoms with van der Waals surface area (Å²) in [7, 11) is 1.90. The van der Waals surface area contributed by atoms with Crippen LogP contribution in [0.25, 0.3) is 0 Å². The molecule has 2 aliphatic heterocycles. The van der Waals surface area contributed by atoms with Gasteiger partial charge in [0.05, 0.1) is 11.6 Å². The molecule has 2 fully saturated rings. The molecule has 5 heteroatoms. The number of hydrogen-bond donors (Lipinski definition) is 1. The molecule has 4 nitrogen and oxygen atoms in total. The van der Waals surface area contributed by atoms with E-state index in [1.54, 1.807) is 0 Å². The topological polar surface area (TPSA) is 41.6 Å². The first kappa shape index (κ1) is 15.7. The minimum absolute atomic E-state index is 0. The Morgan fingerprint density at radius 2 is 2.28 bits per heavy atom. The molecular weight excluding hydrogens is 252 g/mol. The number of rotatable bonds is 4. The summed E-state index contributed by atoms with van der Waals surface area (Å²) in [6.07, 6.45) is 5.42. The molecule has 0 spiro atoms. The third-order valence-corrected chi connectivity index (χ3v) is 4.10. The maximum Gasteiger partial charge on any atom is 0.242 e. The van der Waals surface area contributed by atoms with Crippen LogP contribution in [0.5, 0.6) is 0 Å². The van der Waals surface area contributed by atoms with Gasteiger partial charge in [-0.25, -0.2) is 0 Å². The van der Waals surface area contributed by atoms with E-state index in [9.17, 15) is 4.79 Å². The number of nitrogens with one attached hydrogen (secondary N) is 1. The van der Waals surface area contributed by atoms with E-state index in [-0.39, 0.29) is 30.0 Å². The minimum Gasteiger partial charge on any atom is -0.376 e. The molecule has 2 saturated heterocycles. The van der Waals surface area contributed by atoms with Crippen molar-refractivity contribution in [2.24, 2.45) is 0 Å². The van der Waals surface area contributed by atoms with Crippen LogP contribution in [0.15, 0.2) is 0 Å². The van der Waals surface area contributed by atoms with Gasteiger partial charge in [0, 0.05) is 20.2 Å². The standard InChI is InChI=1S/C13H24N2O2.ClH/c1-3-13(7-5-8-14-13)12(16)15(2)10-11-6-4-9-17-11;/h11,14H,3-10H2,1-2H3;1H. The number of carbonyl (C=O) groups is 1. The third kappa shape index (κ3) is 3.16. The van der Waals surface area contributed by atoms with Gasteiger partial charge in [0.15, 0.2) is 0 Å². The number of amides is 1. The Hall–Kier alpha value is -0.320. The quantitative estimate of drug-likeness (QED) is 0.848. The van der Waals surface area contributed by atoms with E-state index in [2.05, 4.69) is 12.2 Å². The molecule has 0 aromatic carbocycles. The molecule has 18 heavy (non-hydrogen) atoms. The average Bonchev–Trinajstić information content (AvgIpc) is 2.99. The van der Waals surface area contributed by atoms with Crippen molar-refractivity contribution in [2.45, 2.75) is 50.7 Å². The van der Waals surface area contributed by atoms with Crippen LogP contribution in [0.3, 0.4) is 0 Å². The second-order valence-electron chi connectivity index (χ2n) is 5.29. The largest absolute Gasteiger partial charge is 0.376 e. The molecule has 2 aliphatic rings. The van der Waals surface area contributed by atoms with Crippen molar-refractivity contribution in [3.05, 3.63) is 0 Å². The maximum absolute atomic E-state index is 12.5. The zero-order chi connectivity index (χ0) is 12.3. The van der Waals surface area contributed by atoms with Gasteiger partial charge in [-0.2, -0.15) is 0 Å². The van der Waals surface area contributed by atoms with E-state index in [1.165, 1.54) is 0 Å². The summed E-state index contributed by atoms with van der Waals surface area (Å²) in [5, 5.41) is 3.39. The molecular formula is C13H25ClN2O2. The highest BCUT2D eigenvalue weighted by Gasteiger charge is 2.41. The van der Waals surface area contributed by atoms with Crippen molar-refractivity contribution in [3.63, 3.8) is 0 Å². The number of likely N-dealkylation sites (N-methyl/N-ethyl adjacent to an activating group) is 1. The van der Waals surface area contributed by atoms with Gasteiger partial charge in [-0.15, -0.1) is 12.4 Å². The molecule has 106 valence electrons.